The minimum Gasteiger partial charge on any atom is -0.0927 e. The average molecular weight is 208 g/mol. The Morgan fingerprint density at radius 1 is 0.733 bits per heavy atom. The molecular weight excluding hydrogens is 196 g/mol. The van der Waals surface area contributed by atoms with E-state index in [1.54, 1.807) is 0 Å². The molecule has 0 atom stereocenters. The first-order valence-electron chi connectivity index (χ1n) is 4.98. The Balaban J connectivity index is 1.97. The van der Waals surface area contributed by atoms with Gasteiger partial charge in [-0.25, -0.2) is 0 Å². The van der Waals surface area contributed by atoms with E-state index in [0.29, 0.717) is 0 Å². The van der Waals surface area contributed by atoms with E-state index >= 15 is 0 Å². The zero-order valence-electron chi connectivity index (χ0n) is 8.43. The third kappa shape index (κ3) is 3.22. The van der Waals surface area contributed by atoms with Gasteiger partial charge in [-0.3, -0.25) is 0 Å². The van der Waals surface area contributed by atoms with Gasteiger partial charge in [0.25, 0.3) is 0 Å². The van der Waals surface area contributed by atoms with E-state index in [1.807, 2.05) is 6.07 Å². The summed E-state index contributed by atoms with van der Waals surface area (Å²) in [5, 5.41) is 1.38. The Bertz CT molecular complexity index is 418. The fourth-order valence-electron chi connectivity index (χ4n) is 1.33. The smallest absolute Gasteiger partial charge is 0.0927 e. The molecule has 72 valence electrons. The molecule has 0 saturated heterocycles. The van der Waals surface area contributed by atoms with Crippen molar-refractivity contribution >= 4 is 20.8 Å². The molecule has 0 aliphatic carbocycles. The summed E-state index contributed by atoms with van der Waals surface area (Å²) in [6, 6.07) is 20.9. The highest BCUT2D eigenvalue weighted by molar-refractivity contribution is 6.59. The van der Waals surface area contributed by atoms with Gasteiger partial charge in [0, 0.05) is 0 Å². The van der Waals surface area contributed by atoms with Crippen LogP contribution in [0.5, 0.6) is 0 Å². The van der Waals surface area contributed by atoms with Crippen LogP contribution in [0.3, 0.4) is 0 Å². The van der Waals surface area contributed by atoms with Crippen molar-refractivity contribution in [3.05, 3.63) is 71.9 Å². The molecule has 0 spiro atoms. The second-order valence-corrected chi connectivity index (χ2v) is 4.45. The van der Waals surface area contributed by atoms with Gasteiger partial charge in [0.2, 0.25) is 0 Å². The van der Waals surface area contributed by atoms with Crippen LogP contribution in [0.4, 0.5) is 0 Å². The van der Waals surface area contributed by atoms with Crippen LogP contribution in [0.25, 0.3) is 6.08 Å². The molecule has 0 nitrogen and oxygen atoms in total. The standard InChI is InChI=1S/C14H12Si/c1-3-7-13(8-4-1)11-12-15-14-9-5-2-6-10-14/h1-12H/b12-11-. The van der Waals surface area contributed by atoms with Crippen molar-refractivity contribution in [2.24, 2.45) is 0 Å². The summed E-state index contributed by atoms with van der Waals surface area (Å²) in [5.74, 6) is 0. The van der Waals surface area contributed by atoms with Crippen LogP contribution in [0.15, 0.2) is 66.4 Å². The predicted molar refractivity (Wildman–Crippen MR) is 67.3 cm³/mol. The fourth-order valence-corrected chi connectivity index (χ4v) is 2.19. The fraction of sp³-hybridized carbons (Fsp3) is 0. The second-order valence-electron chi connectivity index (χ2n) is 3.25. The van der Waals surface area contributed by atoms with Crippen LogP contribution in [0.1, 0.15) is 5.56 Å². The second kappa shape index (κ2) is 5.32. The molecule has 0 aliphatic heterocycles. The lowest BCUT2D eigenvalue weighted by Gasteiger charge is -1.93. The van der Waals surface area contributed by atoms with E-state index in [0.717, 1.165) is 9.52 Å². The Labute approximate surface area is 93.1 Å². The van der Waals surface area contributed by atoms with Gasteiger partial charge in [0.15, 0.2) is 0 Å². The van der Waals surface area contributed by atoms with Crippen molar-refractivity contribution in [3.8, 4) is 0 Å². The lowest BCUT2D eigenvalue weighted by Crippen LogP contribution is -2.09. The van der Waals surface area contributed by atoms with Crippen LogP contribution in [0, 0.1) is 0 Å². The van der Waals surface area contributed by atoms with Gasteiger partial charge >= 0.3 is 0 Å². The topological polar surface area (TPSA) is 0 Å². The SMILES string of the molecule is C(=C/c1ccccc1)/[Si]c1ccccc1. The normalized spacial score (nSPS) is 10.7. The van der Waals surface area contributed by atoms with Crippen LogP contribution in [0.2, 0.25) is 0 Å². The molecule has 0 aromatic heterocycles. The monoisotopic (exact) mass is 208 g/mol. The summed E-state index contributed by atoms with van der Waals surface area (Å²) < 4.78 is 0. The quantitative estimate of drug-likeness (QED) is 0.680. The molecule has 0 bridgehead atoms. The molecule has 0 amide bonds. The Hall–Kier alpha value is -1.60. The van der Waals surface area contributed by atoms with Crippen molar-refractivity contribution in [2.45, 2.75) is 0 Å². The first-order chi connectivity index (χ1) is 7.45. The van der Waals surface area contributed by atoms with E-state index in [9.17, 15) is 0 Å². The largest absolute Gasteiger partial charge is 0.111 e. The Morgan fingerprint density at radius 3 is 2.00 bits per heavy atom. The van der Waals surface area contributed by atoms with Gasteiger partial charge in [0.05, 0.1) is 0 Å². The highest BCUT2D eigenvalue weighted by Crippen LogP contribution is 1.99. The van der Waals surface area contributed by atoms with Gasteiger partial charge in [-0.05, 0) is 5.56 Å². The number of hydrogen-bond donors (Lipinski definition) is 0. The van der Waals surface area contributed by atoms with Crippen molar-refractivity contribution < 1.29 is 0 Å². The van der Waals surface area contributed by atoms with Gasteiger partial charge in [-0.15, -0.1) is 0 Å². The molecule has 0 fully saturated rings. The number of benzene rings is 2. The van der Waals surface area contributed by atoms with Gasteiger partial charge < -0.3 is 0 Å². The molecular formula is C14H12Si. The molecule has 2 rings (SSSR count). The maximum atomic E-state index is 2.23. The molecule has 0 N–H and O–H groups in total. The van der Waals surface area contributed by atoms with Gasteiger partial charge in [0.1, 0.15) is 9.52 Å². The molecule has 0 unspecified atom stereocenters. The van der Waals surface area contributed by atoms with Crippen LogP contribution < -0.4 is 5.19 Å². The van der Waals surface area contributed by atoms with E-state index in [1.165, 1.54) is 10.8 Å². The van der Waals surface area contributed by atoms with Crippen LogP contribution in [-0.2, 0) is 0 Å². The van der Waals surface area contributed by atoms with Crippen LogP contribution >= 0.6 is 0 Å². The first-order valence-corrected chi connectivity index (χ1v) is 6.06. The summed E-state index contributed by atoms with van der Waals surface area (Å²) in [7, 11) is 0.749. The van der Waals surface area contributed by atoms with E-state index in [4.69, 9.17) is 0 Å². The summed E-state index contributed by atoms with van der Waals surface area (Å²) in [5.41, 5.74) is 3.49. The third-order valence-electron chi connectivity index (χ3n) is 2.10. The Morgan fingerprint density at radius 2 is 1.33 bits per heavy atom. The minimum atomic E-state index is 0.749. The van der Waals surface area contributed by atoms with Crippen molar-refractivity contribution in [2.75, 3.05) is 0 Å². The molecule has 2 aromatic rings. The average Bonchev–Trinajstić information content (AvgIpc) is 2.32. The molecule has 1 heteroatoms. The molecule has 2 radical (unpaired) electrons. The highest BCUT2D eigenvalue weighted by atomic mass is 28.2. The third-order valence-corrected chi connectivity index (χ3v) is 3.10. The highest BCUT2D eigenvalue weighted by Gasteiger charge is 1.88. The molecule has 2 aromatic carbocycles. The van der Waals surface area contributed by atoms with Crippen molar-refractivity contribution in [1.29, 1.82) is 0 Å². The molecule has 0 saturated carbocycles. The molecule has 0 aliphatic rings. The lowest BCUT2D eigenvalue weighted by atomic mass is 10.2. The number of hydrogen-bond acceptors (Lipinski definition) is 0. The summed E-state index contributed by atoms with van der Waals surface area (Å²) >= 11 is 0. The zero-order valence-corrected chi connectivity index (χ0v) is 9.43. The Kier molecular flexibility index (Phi) is 3.52. The maximum absolute atomic E-state index is 2.23. The lowest BCUT2D eigenvalue weighted by molar-refractivity contribution is 1.66. The molecule has 0 heterocycles. The maximum Gasteiger partial charge on any atom is 0.111 e. The van der Waals surface area contributed by atoms with Crippen molar-refractivity contribution in [3.63, 3.8) is 0 Å². The van der Waals surface area contributed by atoms with Gasteiger partial charge in [-0.1, -0.05) is 77.6 Å². The number of rotatable bonds is 3. The van der Waals surface area contributed by atoms with Crippen LogP contribution in [-0.4, -0.2) is 9.52 Å². The summed E-state index contributed by atoms with van der Waals surface area (Å²) in [6.45, 7) is 0. The predicted octanol–water partition coefficient (Wildman–Crippen LogP) is 2.69. The molecule has 15 heavy (non-hydrogen) atoms. The van der Waals surface area contributed by atoms with E-state index < -0.39 is 0 Å². The first kappa shape index (κ1) is 9.93. The van der Waals surface area contributed by atoms with Gasteiger partial charge in [-0.2, -0.15) is 0 Å². The van der Waals surface area contributed by atoms with E-state index in [-0.39, 0.29) is 0 Å². The summed E-state index contributed by atoms with van der Waals surface area (Å²) in [4.78, 5) is 0. The minimum absolute atomic E-state index is 0.749. The van der Waals surface area contributed by atoms with Crippen molar-refractivity contribution in [1.82, 2.24) is 0 Å². The zero-order chi connectivity index (χ0) is 10.3. The van der Waals surface area contributed by atoms with E-state index in [2.05, 4.69) is 66.4 Å². The summed E-state index contributed by atoms with van der Waals surface area (Å²) in [6.07, 6.45) is 2.17.